The molecule has 0 aliphatic carbocycles. The van der Waals surface area contributed by atoms with E-state index in [1.165, 1.54) is 6.08 Å². The minimum atomic E-state index is -0.538. The fraction of sp³-hybridized carbons (Fsp3) is 0.250. The summed E-state index contributed by atoms with van der Waals surface area (Å²) in [5.41, 5.74) is 1.15. The Morgan fingerprint density at radius 3 is 2.54 bits per heavy atom. The SMILES string of the molecule is COc1ccc2c(c1)cc(/C=C/C(=O)OC(C)(C)C)n2-c1ncccn1. The number of ether oxygens (including phenoxy) is 2. The van der Waals surface area contributed by atoms with Crippen LogP contribution in [0.5, 0.6) is 5.75 Å². The second-order valence-electron chi connectivity index (χ2n) is 6.74. The number of esters is 1. The third-order valence-electron chi connectivity index (χ3n) is 3.59. The van der Waals surface area contributed by atoms with Gasteiger partial charge < -0.3 is 9.47 Å². The van der Waals surface area contributed by atoms with Crippen LogP contribution in [0.15, 0.2) is 48.8 Å². The van der Waals surface area contributed by atoms with E-state index in [2.05, 4.69) is 9.97 Å². The minimum Gasteiger partial charge on any atom is -0.497 e. The Hall–Kier alpha value is -3.15. The molecule has 3 aromatic rings. The lowest BCUT2D eigenvalue weighted by Gasteiger charge is -2.17. The largest absolute Gasteiger partial charge is 0.497 e. The number of hydrogen-bond donors (Lipinski definition) is 0. The van der Waals surface area contributed by atoms with E-state index in [9.17, 15) is 4.79 Å². The normalized spacial score (nSPS) is 11.8. The van der Waals surface area contributed by atoms with Crippen molar-refractivity contribution >= 4 is 22.9 Å². The third-order valence-corrected chi connectivity index (χ3v) is 3.59. The summed E-state index contributed by atoms with van der Waals surface area (Å²) in [6, 6.07) is 9.46. The molecule has 2 heterocycles. The average molecular weight is 351 g/mol. The maximum absolute atomic E-state index is 12.0. The Labute approximate surface area is 152 Å². The van der Waals surface area contributed by atoms with E-state index in [0.717, 1.165) is 22.3 Å². The van der Waals surface area contributed by atoms with Gasteiger partial charge in [-0.05, 0) is 57.2 Å². The summed E-state index contributed by atoms with van der Waals surface area (Å²) in [6.07, 6.45) is 6.48. The molecular weight excluding hydrogens is 330 g/mol. The molecule has 0 saturated carbocycles. The molecule has 1 aromatic carbocycles. The fourth-order valence-corrected chi connectivity index (χ4v) is 2.58. The van der Waals surface area contributed by atoms with Gasteiger partial charge in [-0.2, -0.15) is 0 Å². The number of benzene rings is 1. The molecule has 0 fully saturated rings. The van der Waals surface area contributed by atoms with Crippen LogP contribution >= 0.6 is 0 Å². The van der Waals surface area contributed by atoms with Crippen molar-refractivity contribution < 1.29 is 14.3 Å². The van der Waals surface area contributed by atoms with E-state index >= 15 is 0 Å². The van der Waals surface area contributed by atoms with Crippen molar-refractivity contribution in [1.82, 2.24) is 14.5 Å². The van der Waals surface area contributed by atoms with Gasteiger partial charge in [0.05, 0.1) is 18.3 Å². The van der Waals surface area contributed by atoms with Crippen LogP contribution in [0.25, 0.3) is 22.9 Å². The van der Waals surface area contributed by atoms with Gasteiger partial charge in [-0.15, -0.1) is 0 Å². The summed E-state index contributed by atoms with van der Waals surface area (Å²) in [5.74, 6) is 0.878. The first-order chi connectivity index (χ1) is 12.4. The highest BCUT2D eigenvalue weighted by molar-refractivity contribution is 5.91. The van der Waals surface area contributed by atoms with Gasteiger partial charge in [0, 0.05) is 23.9 Å². The Bertz CT molecular complexity index is 954. The molecule has 0 bridgehead atoms. The van der Waals surface area contributed by atoms with Crippen molar-refractivity contribution in [3.05, 3.63) is 54.5 Å². The molecule has 6 heteroatoms. The lowest BCUT2D eigenvalue weighted by atomic mass is 10.2. The van der Waals surface area contributed by atoms with Gasteiger partial charge in [0.2, 0.25) is 5.95 Å². The van der Waals surface area contributed by atoms with Crippen molar-refractivity contribution in [2.75, 3.05) is 7.11 Å². The van der Waals surface area contributed by atoms with E-state index in [4.69, 9.17) is 9.47 Å². The Balaban J connectivity index is 2.07. The fourth-order valence-electron chi connectivity index (χ4n) is 2.58. The van der Waals surface area contributed by atoms with Crippen LogP contribution < -0.4 is 4.74 Å². The number of carbonyl (C=O) groups excluding carboxylic acids is 1. The first kappa shape index (κ1) is 17.7. The third kappa shape index (κ3) is 3.91. The van der Waals surface area contributed by atoms with Gasteiger partial charge in [0.25, 0.3) is 0 Å². The molecule has 26 heavy (non-hydrogen) atoms. The monoisotopic (exact) mass is 351 g/mol. The topological polar surface area (TPSA) is 66.2 Å². The highest BCUT2D eigenvalue weighted by atomic mass is 16.6. The second-order valence-corrected chi connectivity index (χ2v) is 6.74. The van der Waals surface area contributed by atoms with Crippen molar-refractivity contribution in [3.63, 3.8) is 0 Å². The molecule has 0 atom stereocenters. The molecule has 0 saturated heterocycles. The molecule has 3 rings (SSSR count). The molecule has 0 aliphatic rings. The van der Waals surface area contributed by atoms with Gasteiger partial charge in [-0.25, -0.2) is 14.8 Å². The van der Waals surface area contributed by atoms with Crippen LogP contribution in [0.2, 0.25) is 0 Å². The number of fused-ring (bicyclic) bond motifs is 1. The Kier molecular flexibility index (Phi) is 4.75. The van der Waals surface area contributed by atoms with Crippen LogP contribution in [-0.4, -0.2) is 33.2 Å². The molecule has 0 amide bonds. The quantitative estimate of drug-likeness (QED) is 0.528. The molecule has 2 aromatic heterocycles. The maximum Gasteiger partial charge on any atom is 0.331 e. The van der Waals surface area contributed by atoms with Crippen molar-refractivity contribution in [1.29, 1.82) is 0 Å². The van der Waals surface area contributed by atoms with Crippen LogP contribution in [0, 0.1) is 0 Å². The molecule has 134 valence electrons. The second kappa shape index (κ2) is 7.00. The van der Waals surface area contributed by atoms with Crippen LogP contribution in [-0.2, 0) is 9.53 Å². The molecule has 6 nitrogen and oxygen atoms in total. The highest BCUT2D eigenvalue weighted by Gasteiger charge is 2.15. The minimum absolute atomic E-state index is 0.402. The van der Waals surface area contributed by atoms with Crippen LogP contribution in [0.3, 0.4) is 0 Å². The zero-order valence-electron chi connectivity index (χ0n) is 15.3. The zero-order valence-corrected chi connectivity index (χ0v) is 15.3. The predicted molar refractivity (Wildman–Crippen MR) is 100 cm³/mol. The maximum atomic E-state index is 12.0. The van der Waals surface area contributed by atoms with Crippen molar-refractivity contribution in [2.24, 2.45) is 0 Å². The number of methoxy groups -OCH3 is 1. The lowest BCUT2D eigenvalue weighted by Crippen LogP contribution is -2.22. The Morgan fingerprint density at radius 2 is 1.88 bits per heavy atom. The standard InChI is InChI=1S/C20H21N3O3/c1-20(2,3)26-18(24)9-6-15-12-14-13-16(25-4)7-8-17(14)23(15)19-21-10-5-11-22-19/h5-13H,1-4H3/b9-6+. The summed E-state index contributed by atoms with van der Waals surface area (Å²) in [5, 5.41) is 0.959. The van der Waals surface area contributed by atoms with Crippen LogP contribution in [0.4, 0.5) is 0 Å². The molecular formula is C20H21N3O3. The number of carbonyl (C=O) groups is 1. The first-order valence-corrected chi connectivity index (χ1v) is 8.25. The molecule has 0 radical (unpaired) electrons. The Morgan fingerprint density at radius 1 is 1.15 bits per heavy atom. The van der Waals surface area contributed by atoms with Crippen molar-refractivity contribution in [3.8, 4) is 11.7 Å². The summed E-state index contributed by atoms with van der Waals surface area (Å²) in [4.78, 5) is 20.7. The highest BCUT2D eigenvalue weighted by Crippen LogP contribution is 2.27. The average Bonchev–Trinajstić information content (AvgIpc) is 2.96. The van der Waals surface area contributed by atoms with E-state index in [1.54, 1.807) is 31.6 Å². The summed E-state index contributed by atoms with van der Waals surface area (Å²) in [7, 11) is 1.63. The molecule has 0 aliphatic heterocycles. The van der Waals surface area contributed by atoms with Crippen molar-refractivity contribution in [2.45, 2.75) is 26.4 Å². The molecule has 0 unspecified atom stereocenters. The number of nitrogens with zero attached hydrogens (tertiary/aromatic N) is 3. The van der Waals surface area contributed by atoms with Gasteiger partial charge in [0.15, 0.2) is 0 Å². The number of rotatable bonds is 4. The predicted octanol–water partition coefficient (Wildman–Crippen LogP) is 3.78. The van der Waals surface area contributed by atoms with Gasteiger partial charge in [0.1, 0.15) is 11.4 Å². The van der Waals surface area contributed by atoms with Gasteiger partial charge in [-0.1, -0.05) is 0 Å². The van der Waals surface area contributed by atoms with E-state index in [-0.39, 0.29) is 0 Å². The number of aromatic nitrogens is 3. The smallest absolute Gasteiger partial charge is 0.331 e. The lowest BCUT2D eigenvalue weighted by molar-refractivity contribution is -0.148. The summed E-state index contributed by atoms with van der Waals surface area (Å²) < 4.78 is 12.5. The summed E-state index contributed by atoms with van der Waals surface area (Å²) in [6.45, 7) is 5.50. The van der Waals surface area contributed by atoms with E-state index in [1.807, 2.05) is 49.6 Å². The molecule has 0 N–H and O–H groups in total. The van der Waals surface area contributed by atoms with Gasteiger partial charge >= 0.3 is 5.97 Å². The zero-order chi connectivity index (χ0) is 18.7. The van der Waals surface area contributed by atoms with Gasteiger partial charge in [-0.3, -0.25) is 4.57 Å². The first-order valence-electron chi connectivity index (χ1n) is 8.25. The van der Waals surface area contributed by atoms with E-state index < -0.39 is 11.6 Å². The van der Waals surface area contributed by atoms with E-state index in [0.29, 0.717) is 5.95 Å². The summed E-state index contributed by atoms with van der Waals surface area (Å²) >= 11 is 0. The molecule has 0 spiro atoms. The number of hydrogen-bond acceptors (Lipinski definition) is 5. The van der Waals surface area contributed by atoms with Crippen LogP contribution in [0.1, 0.15) is 26.5 Å².